The SMILES string of the molecule is CCOC(=O)Cc1c(OC)cnc(C(F)F)c1[N+](=O)[O-]. The zero-order valence-electron chi connectivity index (χ0n) is 10.8. The molecule has 0 radical (unpaired) electrons. The number of ether oxygens (including phenoxy) is 2. The Labute approximate surface area is 112 Å². The Kier molecular flexibility index (Phi) is 5.30. The monoisotopic (exact) mass is 290 g/mol. The first-order chi connectivity index (χ1) is 9.42. The van der Waals surface area contributed by atoms with E-state index < -0.39 is 35.1 Å². The molecule has 0 spiro atoms. The number of methoxy groups -OCH3 is 1. The highest BCUT2D eigenvalue weighted by Crippen LogP contribution is 2.35. The average Bonchev–Trinajstić information content (AvgIpc) is 2.37. The third-order valence-electron chi connectivity index (χ3n) is 2.38. The lowest BCUT2D eigenvalue weighted by Crippen LogP contribution is -2.12. The number of hydrogen-bond acceptors (Lipinski definition) is 6. The number of hydrogen-bond donors (Lipinski definition) is 0. The van der Waals surface area contributed by atoms with Gasteiger partial charge in [0.15, 0.2) is 5.69 Å². The molecule has 9 heteroatoms. The molecular weight excluding hydrogens is 278 g/mol. The highest BCUT2D eigenvalue weighted by molar-refractivity contribution is 5.76. The van der Waals surface area contributed by atoms with E-state index in [0.29, 0.717) is 0 Å². The molecule has 0 N–H and O–H groups in total. The summed E-state index contributed by atoms with van der Waals surface area (Å²) in [6.07, 6.45) is -2.76. The van der Waals surface area contributed by atoms with E-state index in [4.69, 9.17) is 4.74 Å². The predicted molar refractivity (Wildman–Crippen MR) is 62.7 cm³/mol. The quantitative estimate of drug-likeness (QED) is 0.452. The van der Waals surface area contributed by atoms with Crippen molar-refractivity contribution in [3.63, 3.8) is 0 Å². The van der Waals surface area contributed by atoms with Crippen LogP contribution in [-0.2, 0) is 16.0 Å². The van der Waals surface area contributed by atoms with E-state index in [0.717, 1.165) is 6.20 Å². The van der Waals surface area contributed by atoms with Gasteiger partial charge in [-0.15, -0.1) is 0 Å². The number of pyridine rings is 1. The van der Waals surface area contributed by atoms with Gasteiger partial charge in [0.05, 0.1) is 36.8 Å². The summed E-state index contributed by atoms with van der Waals surface area (Å²) in [6.45, 7) is 1.63. The van der Waals surface area contributed by atoms with Crippen LogP contribution < -0.4 is 4.74 Å². The van der Waals surface area contributed by atoms with E-state index in [9.17, 15) is 23.7 Å². The maximum Gasteiger partial charge on any atom is 0.310 e. The Morgan fingerprint density at radius 1 is 1.55 bits per heavy atom. The maximum absolute atomic E-state index is 12.8. The van der Waals surface area contributed by atoms with Crippen molar-refractivity contribution in [2.24, 2.45) is 0 Å². The first-order valence-electron chi connectivity index (χ1n) is 5.56. The van der Waals surface area contributed by atoms with Gasteiger partial charge in [-0.25, -0.2) is 13.8 Å². The normalized spacial score (nSPS) is 10.4. The number of carbonyl (C=O) groups is 1. The largest absolute Gasteiger partial charge is 0.495 e. The second-order valence-electron chi connectivity index (χ2n) is 3.58. The van der Waals surface area contributed by atoms with Gasteiger partial charge in [0.1, 0.15) is 5.75 Å². The van der Waals surface area contributed by atoms with Crippen molar-refractivity contribution in [2.75, 3.05) is 13.7 Å². The van der Waals surface area contributed by atoms with E-state index in [-0.39, 0.29) is 17.9 Å². The third kappa shape index (κ3) is 3.37. The fourth-order valence-electron chi connectivity index (χ4n) is 1.61. The van der Waals surface area contributed by atoms with Crippen LogP contribution in [0.15, 0.2) is 6.20 Å². The van der Waals surface area contributed by atoms with Crippen molar-refractivity contribution in [1.29, 1.82) is 0 Å². The standard InChI is InChI=1S/C11H12F2N2O5/c1-3-20-8(16)4-6-7(19-2)5-14-9(11(12)13)10(6)15(17)18/h5,11H,3-4H2,1-2H3. The minimum Gasteiger partial charge on any atom is -0.495 e. The smallest absolute Gasteiger partial charge is 0.310 e. The van der Waals surface area contributed by atoms with E-state index >= 15 is 0 Å². The third-order valence-corrected chi connectivity index (χ3v) is 2.38. The molecule has 7 nitrogen and oxygen atoms in total. The molecule has 1 rings (SSSR count). The number of aromatic nitrogens is 1. The summed E-state index contributed by atoms with van der Waals surface area (Å²) in [5, 5.41) is 11.0. The average molecular weight is 290 g/mol. The highest BCUT2D eigenvalue weighted by Gasteiger charge is 2.31. The van der Waals surface area contributed by atoms with Crippen molar-refractivity contribution >= 4 is 11.7 Å². The first-order valence-corrected chi connectivity index (χ1v) is 5.56. The van der Waals surface area contributed by atoms with Crippen LogP contribution in [0.5, 0.6) is 5.75 Å². The summed E-state index contributed by atoms with van der Waals surface area (Å²) in [5.74, 6) is -0.894. The molecule has 0 saturated heterocycles. The molecule has 0 bridgehead atoms. The number of alkyl halides is 2. The van der Waals surface area contributed by atoms with Gasteiger partial charge in [-0.05, 0) is 6.92 Å². The number of nitrogens with zero attached hydrogens (tertiary/aromatic N) is 2. The van der Waals surface area contributed by atoms with Crippen molar-refractivity contribution < 1.29 is 28.0 Å². The summed E-state index contributed by atoms with van der Waals surface area (Å²) >= 11 is 0. The van der Waals surface area contributed by atoms with E-state index in [2.05, 4.69) is 9.72 Å². The Morgan fingerprint density at radius 3 is 2.65 bits per heavy atom. The number of carbonyl (C=O) groups excluding carboxylic acids is 1. The molecule has 0 aliphatic rings. The zero-order chi connectivity index (χ0) is 15.3. The van der Waals surface area contributed by atoms with Crippen molar-refractivity contribution in [1.82, 2.24) is 4.98 Å². The number of esters is 1. The second kappa shape index (κ2) is 6.73. The molecular formula is C11H12F2N2O5. The van der Waals surface area contributed by atoms with Gasteiger partial charge in [-0.1, -0.05) is 0 Å². The van der Waals surface area contributed by atoms with Crippen LogP contribution in [0.25, 0.3) is 0 Å². The minimum absolute atomic E-state index is 0.0712. The molecule has 0 amide bonds. The van der Waals surface area contributed by atoms with Crippen LogP contribution >= 0.6 is 0 Å². The predicted octanol–water partition coefficient (Wildman–Crippen LogP) is 2.04. The maximum atomic E-state index is 12.8. The van der Waals surface area contributed by atoms with Gasteiger partial charge < -0.3 is 9.47 Å². The van der Waals surface area contributed by atoms with Gasteiger partial charge in [0, 0.05) is 0 Å². The number of nitro groups is 1. The first kappa shape index (κ1) is 15.7. The molecule has 0 saturated carbocycles. The summed E-state index contributed by atoms with van der Waals surface area (Å²) in [7, 11) is 1.19. The lowest BCUT2D eigenvalue weighted by molar-refractivity contribution is -0.387. The fraction of sp³-hybridized carbons (Fsp3) is 0.455. The Morgan fingerprint density at radius 2 is 2.20 bits per heavy atom. The summed E-state index contributed by atoms with van der Waals surface area (Å²) < 4.78 is 35.0. The second-order valence-corrected chi connectivity index (χ2v) is 3.58. The van der Waals surface area contributed by atoms with Gasteiger partial charge in [0.25, 0.3) is 6.43 Å². The molecule has 1 heterocycles. The van der Waals surface area contributed by atoms with Crippen LogP contribution in [0, 0.1) is 10.1 Å². The van der Waals surface area contributed by atoms with Crippen LogP contribution in [0.1, 0.15) is 24.6 Å². The zero-order valence-corrected chi connectivity index (χ0v) is 10.8. The summed E-state index contributed by atoms with van der Waals surface area (Å²) in [6, 6.07) is 0. The molecule has 0 aromatic carbocycles. The molecule has 1 aromatic rings. The van der Waals surface area contributed by atoms with Gasteiger partial charge in [0.2, 0.25) is 0 Å². The molecule has 0 unspecified atom stereocenters. The van der Waals surface area contributed by atoms with Crippen LogP contribution in [0.3, 0.4) is 0 Å². The Bertz CT molecular complexity index is 522. The van der Waals surface area contributed by atoms with Crippen LogP contribution in [0.4, 0.5) is 14.5 Å². The topological polar surface area (TPSA) is 91.6 Å². The summed E-state index contributed by atoms with van der Waals surface area (Å²) in [4.78, 5) is 24.7. The lowest BCUT2D eigenvalue weighted by atomic mass is 10.1. The lowest BCUT2D eigenvalue weighted by Gasteiger charge is -2.10. The van der Waals surface area contributed by atoms with Crippen LogP contribution in [-0.4, -0.2) is 29.6 Å². The molecule has 110 valence electrons. The molecule has 20 heavy (non-hydrogen) atoms. The van der Waals surface area contributed by atoms with Crippen LogP contribution in [0.2, 0.25) is 0 Å². The van der Waals surface area contributed by atoms with Gasteiger partial charge in [-0.2, -0.15) is 0 Å². The van der Waals surface area contributed by atoms with Crippen molar-refractivity contribution in [3.05, 3.63) is 27.6 Å². The van der Waals surface area contributed by atoms with Gasteiger partial charge >= 0.3 is 11.7 Å². The molecule has 0 aliphatic heterocycles. The van der Waals surface area contributed by atoms with Gasteiger partial charge in [-0.3, -0.25) is 14.9 Å². The molecule has 1 aromatic heterocycles. The van der Waals surface area contributed by atoms with Crippen molar-refractivity contribution in [2.45, 2.75) is 19.8 Å². The fourth-order valence-corrected chi connectivity index (χ4v) is 1.61. The Balaban J connectivity index is 3.38. The van der Waals surface area contributed by atoms with E-state index in [1.165, 1.54) is 7.11 Å². The molecule has 0 fully saturated rings. The van der Waals surface area contributed by atoms with Crippen molar-refractivity contribution in [3.8, 4) is 5.75 Å². The Hall–Kier alpha value is -2.32. The highest BCUT2D eigenvalue weighted by atomic mass is 19.3. The molecule has 0 atom stereocenters. The number of rotatable bonds is 6. The minimum atomic E-state index is -3.14. The number of halogens is 2. The summed E-state index contributed by atoms with van der Waals surface area (Å²) in [5.41, 5.74) is -2.20. The van der Waals surface area contributed by atoms with E-state index in [1.807, 2.05) is 0 Å². The molecule has 0 aliphatic carbocycles. The van der Waals surface area contributed by atoms with E-state index in [1.54, 1.807) is 6.92 Å².